The number of esters is 1. The Balaban J connectivity index is 2.20. The van der Waals surface area contributed by atoms with Gasteiger partial charge in [-0.1, -0.05) is 53.5 Å². The van der Waals surface area contributed by atoms with Gasteiger partial charge in [-0.15, -0.1) is 0 Å². The Morgan fingerprint density at radius 2 is 1.79 bits per heavy atom. The monoisotopic (exact) mass is 412 g/mol. The molecule has 6 heteroatoms. The van der Waals surface area contributed by atoms with Gasteiger partial charge in [-0.3, -0.25) is 4.40 Å². The fraction of sp³-hybridized carbons (Fsp3) is 0.182. The zero-order valence-electron chi connectivity index (χ0n) is 15.7. The summed E-state index contributed by atoms with van der Waals surface area (Å²) in [6, 6.07) is 13.5. The minimum absolute atomic E-state index is 0.221. The molecule has 0 aliphatic rings. The third kappa shape index (κ3) is 2.84. The second-order valence-electron chi connectivity index (χ2n) is 6.64. The number of fused-ring (bicyclic) bond motifs is 3. The van der Waals surface area contributed by atoms with Gasteiger partial charge in [-0.05, 0) is 49.6 Å². The average Bonchev–Trinajstić information content (AvgIpc) is 3.01. The molecule has 0 amide bonds. The van der Waals surface area contributed by atoms with Crippen molar-refractivity contribution in [1.82, 2.24) is 9.38 Å². The number of hydrogen-bond donors (Lipinski definition) is 0. The molecule has 4 rings (SSSR count). The SMILES string of the molecule is CCOC(=O)c1c(Cl)c(-c2ccccc2)c(Cl)n2c1nc1cc(C)c(C)cc12. The number of nitrogens with zero attached hydrogens (tertiary/aromatic N) is 2. The zero-order valence-corrected chi connectivity index (χ0v) is 17.2. The topological polar surface area (TPSA) is 43.6 Å². The van der Waals surface area contributed by atoms with Gasteiger partial charge >= 0.3 is 5.97 Å². The highest BCUT2D eigenvalue weighted by molar-refractivity contribution is 6.41. The molecule has 142 valence electrons. The highest BCUT2D eigenvalue weighted by Gasteiger charge is 2.27. The number of halogens is 2. The molecular formula is C22H18Cl2N2O2. The van der Waals surface area contributed by atoms with Crippen LogP contribution in [0.3, 0.4) is 0 Å². The van der Waals surface area contributed by atoms with Crippen LogP contribution in [0.15, 0.2) is 42.5 Å². The molecular weight excluding hydrogens is 395 g/mol. The van der Waals surface area contributed by atoms with Crippen LogP contribution in [0.1, 0.15) is 28.4 Å². The van der Waals surface area contributed by atoms with Crippen LogP contribution >= 0.6 is 23.2 Å². The van der Waals surface area contributed by atoms with Crippen LogP contribution in [0.25, 0.3) is 27.8 Å². The lowest BCUT2D eigenvalue weighted by atomic mass is 10.0. The van der Waals surface area contributed by atoms with Crippen molar-refractivity contribution >= 4 is 45.9 Å². The number of imidazole rings is 1. The van der Waals surface area contributed by atoms with Gasteiger partial charge in [0, 0.05) is 5.56 Å². The van der Waals surface area contributed by atoms with E-state index in [1.807, 2.05) is 56.3 Å². The van der Waals surface area contributed by atoms with E-state index in [1.54, 1.807) is 11.3 Å². The van der Waals surface area contributed by atoms with Gasteiger partial charge in [-0.25, -0.2) is 9.78 Å². The smallest absolute Gasteiger partial charge is 0.343 e. The molecule has 0 bridgehead atoms. The molecule has 2 heterocycles. The van der Waals surface area contributed by atoms with Crippen molar-refractivity contribution in [1.29, 1.82) is 0 Å². The number of rotatable bonds is 3. The summed E-state index contributed by atoms with van der Waals surface area (Å²) in [5, 5.41) is 0.649. The number of aryl methyl sites for hydroxylation is 2. The number of carbonyl (C=O) groups is 1. The Bertz CT molecular complexity index is 1230. The Labute approximate surface area is 172 Å². The van der Waals surface area contributed by atoms with Crippen LogP contribution in [0.2, 0.25) is 10.2 Å². The standard InChI is InChI=1S/C22H18Cl2N2O2/c1-4-28-22(27)18-19(23)17(14-8-6-5-7-9-14)20(24)26-16-11-13(3)12(2)10-15(16)25-21(18)26/h5-11H,4H2,1-3H3. The van der Waals surface area contributed by atoms with Crippen LogP contribution in [-0.4, -0.2) is 22.0 Å². The van der Waals surface area contributed by atoms with E-state index in [2.05, 4.69) is 4.98 Å². The second kappa shape index (κ2) is 7.12. The number of aromatic nitrogens is 2. The molecule has 0 radical (unpaired) electrons. The van der Waals surface area contributed by atoms with Crippen LogP contribution in [-0.2, 0) is 4.74 Å². The molecule has 2 aromatic heterocycles. The average molecular weight is 413 g/mol. The van der Waals surface area contributed by atoms with Crippen LogP contribution < -0.4 is 0 Å². The third-order valence-electron chi connectivity index (χ3n) is 4.88. The van der Waals surface area contributed by atoms with Crippen LogP contribution in [0.5, 0.6) is 0 Å². The predicted molar refractivity (Wildman–Crippen MR) is 114 cm³/mol. The van der Waals surface area contributed by atoms with Gasteiger partial charge < -0.3 is 4.74 Å². The first-order valence-corrected chi connectivity index (χ1v) is 9.72. The number of pyridine rings is 1. The number of hydrogen-bond acceptors (Lipinski definition) is 3. The fourth-order valence-electron chi connectivity index (χ4n) is 3.36. The maximum absolute atomic E-state index is 12.8. The molecule has 0 saturated heterocycles. The van der Waals surface area contributed by atoms with E-state index < -0.39 is 5.97 Å². The van der Waals surface area contributed by atoms with Gasteiger partial charge in [0.1, 0.15) is 10.7 Å². The molecule has 0 fully saturated rings. The lowest BCUT2D eigenvalue weighted by Gasteiger charge is -2.14. The van der Waals surface area contributed by atoms with Gasteiger partial charge in [0.05, 0.1) is 22.7 Å². The summed E-state index contributed by atoms with van der Waals surface area (Å²) in [4.78, 5) is 17.5. The van der Waals surface area contributed by atoms with E-state index in [0.717, 1.165) is 27.7 Å². The van der Waals surface area contributed by atoms with E-state index in [4.69, 9.17) is 27.9 Å². The summed E-state index contributed by atoms with van der Waals surface area (Å²) in [5.74, 6) is -0.518. The lowest BCUT2D eigenvalue weighted by Crippen LogP contribution is -2.10. The number of carbonyl (C=O) groups excluding carboxylic acids is 1. The van der Waals surface area contributed by atoms with Crippen LogP contribution in [0.4, 0.5) is 0 Å². The van der Waals surface area contributed by atoms with Crippen molar-refractivity contribution in [3.63, 3.8) is 0 Å². The van der Waals surface area contributed by atoms with Gasteiger partial charge in [-0.2, -0.15) is 0 Å². The molecule has 0 aliphatic heterocycles. The Hall–Kier alpha value is -2.56. The predicted octanol–water partition coefficient (Wildman–Crippen LogP) is 6.25. The molecule has 4 aromatic rings. The van der Waals surface area contributed by atoms with Gasteiger partial charge in [0.2, 0.25) is 0 Å². The molecule has 0 aliphatic carbocycles. The quantitative estimate of drug-likeness (QED) is 0.294. The largest absolute Gasteiger partial charge is 0.462 e. The van der Waals surface area contributed by atoms with Gasteiger partial charge in [0.15, 0.2) is 5.65 Å². The van der Waals surface area contributed by atoms with E-state index in [0.29, 0.717) is 16.4 Å². The minimum atomic E-state index is -0.518. The summed E-state index contributed by atoms with van der Waals surface area (Å²) in [6.07, 6.45) is 0. The second-order valence-corrected chi connectivity index (χ2v) is 7.37. The first-order valence-electron chi connectivity index (χ1n) is 8.97. The number of benzene rings is 2. The molecule has 0 atom stereocenters. The van der Waals surface area contributed by atoms with Crippen LogP contribution in [0, 0.1) is 13.8 Å². The Kier molecular flexibility index (Phi) is 4.77. The molecule has 0 saturated carbocycles. The normalized spacial score (nSPS) is 11.3. The molecule has 4 nitrogen and oxygen atoms in total. The van der Waals surface area contributed by atoms with Crippen molar-refractivity contribution in [2.24, 2.45) is 0 Å². The van der Waals surface area contributed by atoms with Crippen molar-refractivity contribution in [2.75, 3.05) is 6.61 Å². The first-order chi connectivity index (χ1) is 13.4. The third-order valence-corrected chi connectivity index (χ3v) is 5.61. The molecule has 2 aromatic carbocycles. The number of ether oxygens (including phenoxy) is 1. The highest BCUT2D eigenvalue weighted by Crippen LogP contribution is 2.41. The first kappa shape index (κ1) is 18.8. The summed E-state index contributed by atoms with van der Waals surface area (Å²) < 4.78 is 7.05. The summed E-state index contributed by atoms with van der Waals surface area (Å²) >= 11 is 13.5. The van der Waals surface area contributed by atoms with Gasteiger partial charge in [0.25, 0.3) is 0 Å². The van der Waals surface area contributed by atoms with Crippen molar-refractivity contribution in [2.45, 2.75) is 20.8 Å². The molecule has 28 heavy (non-hydrogen) atoms. The summed E-state index contributed by atoms with van der Waals surface area (Å²) in [6.45, 7) is 6.05. The molecule has 0 unspecified atom stereocenters. The van der Waals surface area contributed by atoms with Crippen molar-refractivity contribution in [3.8, 4) is 11.1 Å². The van der Waals surface area contributed by atoms with E-state index in [-0.39, 0.29) is 17.2 Å². The maximum Gasteiger partial charge on any atom is 0.343 e. The Morgan fingerprint density at radius 3 is 2.46 bits per heavy atom. The summed E-state index contributed by atoms with van der Waals surface area (Å²) in [7, 11) is 0. The lowest BCUT2D eigenvalue weighted by molar-refractivity contribution is 0.0528. The van der Waals surface area contributed by atoms with Crippen molar-refractivity contribution < 1.29 is 9.53 Å². The minimum Gasteiger partial charge on any atom is -0.462 e. The molecule has 0 spiro atoms. The molecule has 0 N–H and O–H groups in total. The van der Waals surface area contributed by atoms with Crippen molar-refractivity contribution in [3.05, 3.63) is 69.3 Å². The van der Waals surface area contributed by atoms with E-state index in [9.17, 15) is 4.79 Å². The maximum atomic E-state index is 12.8. The fourth-order valence-corrected chi connectivity index (χ4v) is 4.14. The Morgan fingerprint density at radius 1 is 1.11 bits per heavy atom. The summed E-state index contributed by atoms with van der Waals surface area (Å²) in [5.41, 5.74) is 5.80. The van der Waals surface area contributed by atoms with E-state index in [1.165, 1.54) is 0 Å². The highest BCUT2D eigenvalue weighted by atomic mass is 35.5. The zero-order chi connectivity index (χ0) is 20.0. The van der Waals surface area contributed by atoms with E-state index >= 15 is 0 Å².